The number of hydrogen-bond acceptors (Lipinski definition) is 2. The van der Waals surface area contributed by atoms with E-state index in [2.05, 4.69) is 6.92 Å². The zero-order valence-electron chi connectivity index (χ0n) is 8.53. The second-order valence-electron chi connectivity index (χ2n) is 3.43. The molecule has 15 heavy (non-hydrogen) atoms. The van der Waals surface area contributed by atoms with Crippen LogP contribution < -0.4 is 0 Å². The maximum absolute atomic E-state index is 10.5. The molecule has 0 aliphatic rings. The normalized spacial score (nSPS) is 9.73. The van der Waals surface area contributed by atoms with Gasteiger partial charge >= 0.3 is 49.7 Å². The van der Waals surface area contributed by atoms with Crippen LogP contribution in [0.3, 0.4) is 0 Å². The van der Waals surface area contributed by atoms with Crippen molar-refractivity contribution in [1.82, 2.24) is 0 Å². The average Bonchev–Trinajstić information content (AvgIpc) is 2.09. The Balaban J connectivity index is 0. The van der Waals surface area contributed by atoms with Crippen LogP contribution in [0.4, 0.5) is 0 Å². The van der Waals surface area contributed by atoms with Gasteiger partial charge in [-0.25, -0.2) is 0 Å². The van der Waals surface area contributed by atoms with Gasteiger partial charge in [-0.2, -0.15) is 0 Å². The van der Waals surface area contributed by atoms with Crippen molar-refractivity contribution >= 4 is 49.7 Å². The second-order valence-corrected chi connectivity index (χ2v) is 3.43. The van der Waals surface area contributed by atoms with Gasteiger partial charge in [-0.15, -0.1) is 0 Å². The zero-order valence-corrected chi connectivity index (χ0v) is 8.53. The van der Waals surface area contributed by atoms with E-state index in [0.29, 0.717) is 6.42 Å². The van der Waals surface area contributed by atoms with Crippen molar-refractivity contribution in [3.63, 3.8) is 0 Å². The van der Waals surface area contributed by atoms with E-state index in [9.17, 15) is 9.59 Å². The molecular formula is C10H20CaO4. The summed E-state index contributed by atoms with van der Waals surface area (Å²) in [6, 6.07) is 0. The van der Waals surface area contributed by atoms with Gasteiger partial charge in [-0.05, 0) is 6.42 Å². The summed E-state index contributed by atoms with van der Waals surface area (Å²) in [5, 5.41) is 17.1. The van der Waals surface area contributed by atoms with E-state index >= 15 is 0 Å². The summed E-state index contributed by atoms with van der Waals surface area (Å²) in [7, 11) is 0. The molecule has 0 spiro atoms. The van der Waals surface area contributed by atoms with Gasteiger partial charge in [0, 0.05) is 0 Å². The third-order valence-corrected chi connectivity index (χ3v) is 2.19. The number of unbranched alkanes of at least 4 members (excludes halogenated alkanes) is 4. The number of carboxylic acid groups (broad SMARTS) is 2. The third-order valence-electron chi connectivity index (χ3n) is 2.19. The van der Waals surface area contributed by atoms with Crippen molar-refractivity contribution in [2.75, 3.05) is 0 Å². The molecule has 0 aliphatic heterocycles. The number of aliphatic carboxylic acids is 2. The summed E-state index contributed by atoms with van der Waals surface area (Å²) in [6.45, 7) is 2.09. The van der Waals surface area contributed by atoms with E-state index in [1.54, 1.807) is 0 Å². The van der Waals surface area contributed by atoms with Crippen LogP contribution >= 0.6 is 0 Å². The first-order valence-corrected chi connectivity index (χ1v) is 5.05. The molecule has 0 unspecified atom stereocenters. The molecule has 0 fully saturated rings. The van der Waals surface area contributed by atoms with Crippen LogP contribution in [0.5, 0.6) is 0 Å². The van der Waals surface area contributed by atoms with Gasteiger partial charge in [0.15, 0.2) is 5.92 Å². The fraction of sp³-hybridized carbons (Fsp3) is 0.800. The van der Waals surface area contributed by atoms with Crippen LogP contribution in [0, 0.1) is 5.92 Å². The molecule has 4 nitrogen and oxygen atoms in total. The molecule has 0 radical (unpaired) electrons. The Labute approximate surface area is 120 Å². The van der Waals surface area contributed by atoms with Crippen molar-refractivity contribution in [3.05, 3.63) is 0 Å². The molecule has 2 N–H and O–H groups in total. The fourth-order valence-corrected chi connectivity index (χ4v) is 1.30. The molecule has 0 aromatic carbocycles. The van der Waals surface area contributed by atoms with Crippen molar-refractivity contribution in [1.29, 1.82) is 0 Å². The molecule has 0 aromatic rings. The molecule has 0 aliphatic carbocycles. The number of carboxylic acids is 2. The molecule has 0 heterocycles. The van der Waals surface area contributed by atoms with Gasteiger partial charge in [-0.3, -0.25) is 9.59 Å². The van der Waals surface area contributed by atoms with E-state index in [1.807, 2.05) is 0 Å². The van der Waals surface area contributed by atoms with E-state index < -0.39 is 17.9 Å². The summed E-state index contributed by atoms with van der Waals surface area (Å²) < 4.78 is 0. The summed E-state index contributed by atoms with van der Waals surface area (Å²) in [6.07, 6.45) is 5.16. The van der Waals surface area contributed by atoms with E-state index in [1.165, 1.54) is 0 Å². The molecule has 0 atom stereocenters. The summed E-state index contributed by atoms with van der Waals surface area (Å²) in [5.41, 5.74) is 0. The van der Waals surface area contributed by atoms with Crippen molar-refractivity contribution < 1.29 is 19.8 Å². The summed E-state index contributed by atoms with van der Waals surface area (Å²) in [4.78, 5) is 21.0. The fourth-order valence-electron chi connectivity index (χ4n) is 1.30. The maximum atomic E-state index is 10.5. The predicted octanol–water partition coefficient (Wildman–Crippen LogP) is 1.22. The van der Waals surface area contributed by atoms with Gasteiger partial charge < -0.3 is 10.2 Å². The predicted molar refractivity (Wildman–Crippen MR) is 60.7 cm³/mol. The molecule has 0 amide bonds. The Bertz CT molecular complexity index is 180. The van der Waals surface area contributed by atoms with Gasteiger partial charge in [0.05, 0.1) is 0 Å². The minimum absolute atomic E-state index is 0. The van der Waals surface area contributed by atoms with Crippen molar-refractivity contribution in [3.8, 4) is 0 Å². The first kappa shape index (κ1) is 17.6. The van der Waals surface area contributed by atoms with E-state index in [4.69, 9.17) is 10.2 Å². The molecule has 0 rings (SSSR count). The number of carbonyl (C=O) groups is 2. The SMILES string of the molecule is CCCCCCCC(C(=O)O)C(=O)O.[CaH2]. The molecule has 0 saturated heterocycles. The first-order valence-electron chi connectivity index (χ1n) is 5.05. The quantitative estimate of drug-likeness (QED) is 0.382. The van der Waals surface area contributed by atoms with Gasteiger partial charge in [0.2, 0.25) is 0 Å². The minimum atomic E-state index is -1.23. The Morgan fingerprint density at radius 2 is 1.47 bits per heavy atom. The molecule has 0 saturated carbocycles. The molecule has 0 bridgehead atoms. The van der Waals surface area contributed by atoms with Crippen LogP contribution in [-0.4, -0.2) is 59.9 Å². The Morgan fingerprint density at radius 3 is 1.87 bits per heavy atom. The monoisotopic (exact) mass is 244 g/mol. The van der Waals surface area contributed by atoms with Crippen molar-refractivity contribution in [2.24, 2.45) is 5.92 Å². The van der Waals surface area contributed by atoms with Crippen LogP contribution in [0.2, 0.25) is 0 Å². The average molecular weight is 244 g/mol. The van der Waals surface area contributed by atoms with Crippen LogP contribution in [-0.2, 0) is 9.59 Å². The summed E-state index contributed by atoms with van der Waals surface area (Å²) in [5.74, 6) is -3.68. The standard InChI is InChI=1S/C10H18O4.Ca.2H/c1-2-3-4-5-6-7-8(9(11)12)10(13)14;;;/h8H,2-7H2,1H3,(H,11,12)(H,13,14);;;. The second kappa shape index (κ2) is 10.7. The van der Waals surface area contributed by atoms with Gasteiger partial charge in [0.1, 0.15) is 0 Å². The number of hydrogen-bond donors (Lipinski definition) is 2. The Hall–Kier alpha value is 0.200. The van der Waals surface area contributed by atoms with Gasteiger partial charge in [-0.1, -0.05) is 39.0 Å². The first-order chi connectivity index (χ1) is 6.59. The van der Waals surface area contributed by atoms with Crippen molar-refractivity contribution in [2.45, 2.75) is 45.4 Å². The molecule has 5 heteroatoms. The Kier molecular flexibility index (Phi) is 12.6. The molecule has 0 aromatic heterocycles. The summed E-state index contributed by atoms with van der Waals surface area (Å²) >= 11 is 0. The van der Waals surface area contributed by atoms with E-state index in [0.717, 1.165) is 25.7 Å². The Morgan fingerprint density at radius 1 is 1.00 bits per heavy atom. The molecule has 86 valence electrons. The van der Waals surface area contributed by atoms with Crippen LogP contribution in [0.1, 0.15) is 45.4 Å². The van der Waals surface area contributed by atoms with Gasteiger partial charge in [0.25, 0.3) is 0 Å². The van der Waals surface area contributed by atoms with Crippen LogP contribution in [0.15, 0.2) is 0 Å². The number of rotatable bonds is 8. The van der Waals surface area contributed by atoms with E-state index in [-0.39, 0.29) is 44.2 Å². The third kappa shape index (κ3) is 9.15. The molecular weight excluding hydrogens is 224 g/mol. The van der Waals surface area contributed by atoms with Crippen LogP contribution in [0.25, 0.3) is 0 Å². The topological polar surface area (TPSA) is 74.6 Å². The zero-order chi connectivity index (χ0) is 11.0.